The summed E-state index contributed by atoms with van der Waals surface area (Å²) in [6.45, 7) is 0. The lowest BCUT2D eigenvalue weighted by molar-refractivity contribution is 0.0600. The van der Waals surface area contributed by atoms with Crippen LogP contribution in [0.15, 0.2) is 24.3 Å². The average Bonchev–Trinajstić information content (AvgIpc) is 2.28. The maximum Gasteiger partial charge on any atom is 0.337 e. The summed E-state index contributed by atoms with van der Waals surface area (Å²) in [7, 11) is 1.33. The van der Waals surface area contributed by atoms with Gasteiger partial charge in [0.1, 0.15) is 0 Å². The van der Waals surface area contributed by atoms with E-state index in [1.807, 2.05) is 6.07 Å². The molecule has 0 saturated carbocycles. The Morgan fingerprint density at radius 3 is 2.50 bits per heavy atom. The number of hydrogen-bond acceptors (Lipinski definition) is 4. The first-order chi connectivity index (χ1) is 7.19. The van der Waals surface area contributed by atoms with E-state index in [1.165, 1.54) is 7.11 Å². The van der Waals surface area contributed by atoms with Crippen LogP contribution in [-0.4, -0.2) is 13.1 Å². The molecule has 0 unspecified atom stereocenters. The number of carbonyl (C=O) groups is 1. The zero-order valence-electron chi connectivity index (χ0n) is 8.84. The van der Waals surface area contributed by atoms with E-state index in [-0.39, 0.29) is 30.8 Å². The summed E-state index contributed by atoms with van der Waals surface area (Å²) < 4.78 is 4.56. The third-order valence-corrected chi connectivity index (χ3v) is 2.07. The van der Waals surface area contributed by atoms with Gasteiger partial charge >= 0.3 is 5.97 Å². The predicted octanol–water partition coefficient (Wildman–Crippen LogP) is 1.81. The lowest BCUT2D eigenvalue weighted by Gasteiger charge is -2.07. The van der Waals surface area contributed by atoms with E-state index < -0.39 is 0 Å². The van der Waals surface area contributed by atoms with Crippen LogP contribution >= 0.6 is 12.4 Å². The standard InChI is InChI=1S/C11H12N2O2.ClH/c1-15-11(14)9-4-2-8(3-5-9)10(13)6-7-12;/h2-5,10H,6,13H2,1H3;1H/t10-;/m1./s1. The number of halogens is 1. The van der Waals surface area contributed by atoms with E-state index in [0.29, 0.717) is 5.56 Å². The van der Waals surface area contributed by atoms with E-state index >= 15 is 0 Å². The number of esters is 1. The largest absolute Gasteiger partial charge is 0.465 e. The molecular formula is C11H13ClN2O2. The third kappa shape index (κ3) is 3.54. The molecule has 0 fully saturated rings. The Bertz CT molecular complexity index is 384. The van der Waals surface area contributed by atoms with Crippen LogP contribution in [0.25, 0.3) is 0 Å². The van der Waals surface area contributed by atoms with Gasteiger partial charge in [0.25, 0.3) is 0 Å². The number of rotatable bonds is 3. The van der Waals surface area contributed by atoms with E-state index in [2.05, 4.69) is 4.74 Å². The SMILES string of the molecule is COC(=O)c1ccc([C@H](N)CC#N)cc1.Cl. The normalized spacial score (nSPS) is 10.8. The fraction of sp³-hybridized carbons (Fsp3) is 0.273. The highest BCUT2D eigenvalue weighted by molar-refractivity contribution is 5.89. The van der Waals surface area contributed by atoms with Crippen LogP contribution < -0.4 is 5.73 Å². The van der Waals surface area contributed by atoms with E-state index in [4.69, 9.17) is 11.0 Å². The molecule has 0 aliphatic rings. The lowest BCUT2D eigenvalue weighted by atomic mass is 10.0. The van der Waals surface area contributed by atoms with Crippen molar-refractivity contribution in [3.8, 4) is 6.07 Å². The summed E-state index contributed by atoms with van der Waals surface area (Å²) in [5.74, 6) is -0.379. The average molecular weight is 241 g/mol. The summed E-state index contributed by atoms with van der Waals surface area (Å²) in [5, 5.41) is 8.47. The molecule has 1 rings (SSSR count). The molecule has 4 nitrogen and oxygen atoms in total. The van der Waals surface area contributed by atoms with Crippen molar-refractivity contribution in [1.29, 1.82) is 5.26 Å². The minimum Gasteiger partial charge on any atom is -0.465 e. The van der Waals surface area contributed by atoms with Crippen molar-refractivity contribution in [2.45, 2.75) is 12.5 Å². The van der Waals surface area contributed by atoms with E-state index in [9.17, 15) is 4.79 Å². The molecule has 86 valence electrons. The molecule has 0 amide bonds. The number of carbonyl (C=O) groups excluding carboxylic acids is 1. The van der Waals surface area contributed by atoms with Crippen LogP contribution in [0.2, 0.25) is 0 Å². The van der Waals surface area contributed by atoms with Crippen LogP contribution in [-0.2, 0) is 4.74 Å². The van der Waals surface area contributed by atoms with E-state index in [0.717, 1.165) is 5.56 Å². The van der Waals surface area contributed by atoms with Gasteiger partial charge in [-0.3, -0.25) is 0 Å². The Morgan fingerprint density at radius 1 is 1.50 bits per heavy atom. The molecule has 0 heterocycles. The van der Waals surface area contributed by atoms with Crippen LogP contribution in [0.5, 0.6) is 0 Å². The van der Waals surface area contributed by atoms with Crippen molar-refractivity contribution in [1.82, 2.24) is 0 Å². The molecule has 16 heavy (non-hydrogen) atoms. The summed E-state index contributed by atoms with van der Waals surface area (Å²) in [6.07, 6.45) is 0.261. The van der Waals surface area contributed by atoms with Gasteiger partial charge in [0.05, 0.1) is 25.2 Å². The number of hydrogen-bond donors (Lipinski definition) is 1. The maximum absolute atomic E-state index is 11.1. The number of ether oxygens (including phenoxy) is 1. The zero-order chi connectivity index (χ0) is 11.3. The summed E-state index contributed by atoms with van der Waals surface area (Å²) in [5.41, 5.74) is 7.04. The fourth-order valence-electron chi connectivity index (χ4n) is 1.20. The highest BCUT2D eigenvalue weighted by Crippen LogP contribution is 2.14. The lowest BCUT2D eigenvalue weighted by Crippen LogP contribution is -2.09. The molecule has 0 aromatic heterocycles. The maximum atomic E-state index is 11.1. The van der Waals surface area contributed by atoms with Crippen molar-refractivity contribution in [3.63, 3.8) is 0 Å². The Hall–Kier alpha value is -1.57. The molecule has 0 aliphatic heterocycles. The van der Waals surface area contributed by atoms with E-state index in [1.54, 1.807) is 24.3 Å². The number of methoxy groups -OCH3 is 1. The highest BCUT2D eigenvalue weighted by Gasteiger charge is 2.08. The zero-order valence-corrected chi connectivity index (χ0v) is 9.66. The van der Waals surface area contributed by atoms with Gasteiger partial charge in [0.2, 0.25) is 0 Å². The number of nitriles is 1. The van der Waals surface area contributed by atoms with Crippen LogP contribution in [0, 0.1) is 11.3 Å². The molecule has 0 bridgehead atoms. The molecule has 1 atom stereocenters. The molecule has 2 N–H and O–H groups in total. The second-order valence-electron chi connectivity index (χ2n) is 3.08. The Kier molecular flexibility index (Phi) is 6.16. The molecule has 1 aromatic rings. The van der Waals surface area contributed by atoms with Gasteiger partial charge in [0, 0.05) is 6.04 Å². The van der Waals surface area contributed by atoms with Gasteiger partial charge in [-0.15, -0.1) is 12.4 Å². The van der Waals surface area contributed by atoms with Crippen molar-refractivity contribution in [3.05, 3.63) is 35.4 Å². The van der Waals surface area contributed by atoms with Crippen LogP contribution in [0.1, 0.15) is 28.4 Å². The highest BCUT2D eigenvalue weighted by atomic mass is 35.5. The molecular weight excluding hydrogens is 228 g/mol. The van der Waals surface area contributed by atoms with Crippen molar-refractivity contribution >= 4 is 18.4 Å². The first-order valence-corrected chi connectivity index (χ1v) is 4.50. The van der Waals surface area contributed by atoms with Gasteiger partial charge in [-0.05, 0) is 17.7 Å². The van der Waals surface area contributed by atoms with Gasteiger partial charge in [0.15, 0.2) is 0 Å². The molecule has 0 aliphatic carbocycles. The third-order valence-electron chi connectivity index (χ3n) is 2.07. The predicted molar refractivity (Wildman–Crippen MR) is 62.2 cm³/mol. The Morgan fingerprint density at radius 2 is 2.06 bits per heavy atom. The second-order valence-corrected chi connectivity index (χ2v) is 3.08. The van der Waals surface area contributed by atoms with Crippen molar-refractivity contribution in [2.75, 3.05) is 7.11 Å². The van der Waals surface area contributed by atoms with Crippen molar-refractivity contribution in [2.24, 2.45) is 5.73 Å². The second kappa shape index (κ2) is 6.83. The van der Waals surface area contributed by atoms with Crippen LogP contribution in [0.4, 0.5) is 0 Å². The van der Waals surface area contributed by atoms with Gasteiger partial charge < -0.3 is 10.5 Å². The van der Waals surface area contributed by atoms with Crippen LogP contribution in [0.3, 0.4) is 0 Å². The molecule has 0 saturated heterocycles. The number of nitrogens with zero attached hydrogens (tertiary/aromatic N) is 1. The fourth-order valence-corrected chi connectivity index (χ4v) is 1.20. The van der Waals surface area contributed by atoms with Gasteiger partial charge in [-0.25, -0.2) is 4.79 Å². The quantitative estimate of drug-likeness (QED) is 0.818. The summed E-state index contributed by atoms with van der Waals surface area (Å²) in [6, 6.07) is 8.43. The number of benzene rings is 1. The number of nitrogens with two attached hydrogens (primary N) is 1. The Balaban J connectivity index is 0.00000225. The minimum absolute atomic E-state index is 0. The van der Waals surface area contributed by atoms with Crippen molar-refractivity contribution < 1.29 is 9.53 Å². The first-order valence-electron chi connectivity index (χ1n) is 4.50. The molecule has 0 spiro atoms. The first kappa shape index (κ1) is 14.4. The molecule has 1 aromatic carbocycles. The smallest absolute Gasteiger partial charge is 0.337 e. The Labute approximate surface area is 100 Å². The monoisotopic (exact) mass is 240 g/mol. The molecule has 5 heteroatoms. The topological polar surface area (TPSA) is 76.1 Å². The minimum atomic E-state index is -0.379. The summed E-state index contributed by atoms with van der Waals surface area (Å²) >= 11 is 0. The summed E-state index contributed by atoms with van der Waals surface area (Å²) in [4.78, 5) is 11.1. The van der Waals surface area contributed by atoms with Gasteiger partial charge in [-0.1, -0.05) is 12.1 Å². The molecule has 0 radical (unpaired) electrons. The van der Waals surface area contributed by atoms with Gasteiger partial charge in [-0.2, -0.15) is 5.26 Å².